The predicted octanol–water partition coefficient (Wildman–Crippen LogP) is 2.61. The van der Waals surface area contributed by atoms with Gasteiger partial charge < -0.3 is 4.90 Å². The van der Waals surface area contributed by atoms with Crippen molar-refractivity contribution in [1.82, 2.24) is 4.90 Å². The Balaban J connectivity index is 1.84. The molecule has 1 aliphatic carbocycles. The van der Waals surface area contributed by atoms with Gasteiger partial charge in [-0.05, 0) is 30.7 Å². The molecule has 0 N–H and O–H groups in total. The van der Waals surface area contributed by atoms with E-state index in [9.17, 15) is 19.3 Å². The van der Waals surface area contributed by atoms with Crippen LogP contribution in [0.2, 0.25) is 0 Å². The molecule has 0 spiro atoms. The van der Waals surface area contributed by atoms with Crippen molar-refractivity contribution in [3.8, 4) is 0 Å². The Bertz CT molecular complexity index is 564. The minimum Gasteiger partial charge on any atom is -0.338 e. The van der Waals surface area contributed by atoms with Crippen LogP contribution in [0.4, 0.5) is 10.1 Å². The molecule has 1 aliphatic heterocycles. The maximum Gasteiger partial charge on any atom is 0.270 e. The van der Waals surface area contributed by atoms with Crippen LogP contribution in [0.5, 0.6) is 0 Å². The molecule has 1 heterocycles. The maximum absolute atomic E-state index is 13.8. The average Bonchev–Trinajstić information content (AvgIpc) is 2.98. The fourth-order valence-corrected chi connectivity index (χ4v) is 3.36. The summed E-state index contributed by atoms with van der Waals surface area (Å²) in [6.45, 7) is 1.29. The van der Waals surface area contributed by atoms with Gasteiger partial charge in [-0.2, -0.15) is 0 Å². The number of likely N-dealkylation sites (tertiary alicyclic amines) is 1. The maximum atomic E-state index is 13.8. The van der Waals surface area contributed by atoms with Gasteiger partial charge in [0.05, 0.1) is 10.5 Å². The number of hydrogen-bond acceptors (Lipinski definition) is 3. The standard InChI is InChI=1S/C14H15FN2O3/c15-13-5-4-11(17(19)20)6-12(13)14(18)16-7-9-2-1-3-10(9)8-16/h4-6,9-10H,1-3,7-8H2. The highest BCUT2D eigenvalue weighted by Crippen LogP contribution is 2.38. The first-order chi connectivity index (χ1) is 9.56. The van der Waals surface area contributed by atoms with Gasteiger partial charge in [0, 0.05) is 25.2 Å². The van der Waals surface area contributed by atoms with Gasteiger partial charge in [-0.15, -0.1) is 0 Å². The van der Waals surface area contributed by atoms with Crippen molar-refractivity contribution in [2.45, 2.75) is 19.3 Å². The second kappa shape index (κ2) is 4.85. The minimum atomic E-state index is -0.697. The smallest absolute Gasteiger partial charge is 0.270 e. The molecule has 3 rings (SSSR count). The van der Waals surface area contributed by atoms with Crippen LogP contribution in [0.1, 0.15) is 29.6 Å². The summed E-state index contributed by atoms with van der Waals surface area (Å²) in [7, 11) is 0. The molecule has 6 heteroatoms. The molecule has 1 amide bonds. The van der Waals surface area contributed by atoms with Gasteiger partial charge in [0.2, 0.25) is 0 Å². The Labute approximate surface area is 115 Å². The molecule has 0 bridgehead atoms. The molecule has 1 aromatic carbocycles. The summed E-state index contributed by atoms with van der Waals surface area (Å²) in [4.78, 5) is 24.1. The lowest BCUT2D eigenvalue weighted by molar-refractivity contribution is -0.384. The highest BCUT2D eigenvalue weighted by atomic mass is 19.1. The number of fused-ring (bicyclic) bond motifs is 1. The number of hydrogen-bond donors (Lipinski definition) is 0. The Morgan fingerprint density at radius 3 is 2.55 bits per heavy atom. The first kappa shape index (κ1) is 13.0. The van der Waals surface area contributed by atoms with E-state index in [-0.39, 0.29) is 11.3 Å². The lowest BCUT2D eigenvalue weighted by Gasteiger charge is -2.17. The lowest BCUT2D eigenvalue weighted by Crippen LogP contribution is -2.30. The van der Waals surface area contributed by atoms with E-state index in [1.807, 2.05) is 0 Å². The summed E-state index contributed by atoms with van der Waals surface area (Å²) in [5, 5.41) is 10.7. The monoisotopic (exact) mass is 278 g/mol. The van der Waals surface area contributed by atoms with Gasteiger partial charge in [-0.3, -0.25) is 14.9 Å². The summed E-state index contributed by atoms with van der Waals surface area (Å²) < 4.78 is 13.8. The van der Waals surface area contributed by atoms with Crippen molar-refractivity contribution in [2.24, 2.45) is 11.8 Å². The summed E-state index contributed by atoms with van der Waals surface area (Å²) >= 11 is 0. The zero-order valence-corrected chi connectivity index (χ0v) is 10.9. The number of nitro benzene ring substituents is 1. The molecule has 20 heavy (non-hydrogen) atoms. The SMILES string of the molecule is O=C(c1cc([N+](=O)[O-])ccc1F)N1CC2CCCC2C1. The fourth-order valence-electron chi connectivity index (χ4n) is 3.36. The van der Waals surface area contributed by atoms with Gasteiger partial charge >= 0.3 is 0 Å². The molecule has 1 saturated carbocycles. The number of nitrogens with zero attached hydrogens (tertiary/aromatic N) is 2. The molecule has 2 unspecified atom stereocenters. The Hall–Kier alpha value is -1.98. The third-order valence-electron chi connectivity index (χ3n) is 4.40. The molecular weight excluding hydrogens is 263 g/mol. The van der Waals surface area contributed by atoms with Crippen LogP contribution < -0.4 is 0 Å². The quantitative estimate of drug-likeness (QED) is 0.617. The van der Waals surface area contributed by atoms with Gasteiger partial charge in [-0.25, -0.2) is 4.39 Å². The summed E-state index contributed by atoms with van der Waals surface area (Å²) in [5.74, 6) is -0.0975. The molecule has 106 valence electrons. The largest absolute Gasteiger partial charge is 0.338 e. The normalized spacial score (nSPS) is 24.8. The van der Waals surface area contributed by atoms with E-state index in [0.29, 0.717) is 24.9 Å². The van der Waals surface area contributed by atoms with Crippen LogP contribution in [0.15, 0.2) is 18.2 Å². The lowest BCUT2D eigenvalue weighted by atomic mass is 10.0. The molecule has 2 aliphatic rings. The zero-order valence-electron chi connectivity index (χ0n) is 10.9. The number of benzene rings is 1. The topological polar surface area (TPSA) is 63.4 Å². The van der Waals surface area contributed by atoms with Crippen molar-refractivity contribution in [3.63, 3.8) is 0 Å². The highest BCUT2D eigenvalue weighted by molar-refractivity contribution is 5.95. The molecule has 0 aromatic heterocycles. The van der Waals surface area contributed by atoms with Crippen LogP contribution in [0.3, 0.4) is 0 Å². The fraction of sp³-hybridized carbons (Fsp3) is 0.500. The first-order valence-electron chi connectivity index (χ1n) is 6.79. The van der Waals surface area contributed by atoms with Crippen molar-refractivity contribution in [1.29, 1.82) is 0 Å². The van der Waals surface area contributed by atoms with Crippen LogP contribution in [0, 0.1) is 27.8 Å². The Kier molecular flexibility index (Phi) is 3.16. The van der Waals surface area contributed by atoms with Crippen molar-refractivity contribution < 1.29 is 14.1 Å². The van der Waals surface area contributed by atoms with Crippen molar-refractivity contribution >= 4 is 11.6 Å². The highest BCUT2D eigenvalue weighted by Gasteiger charge is 2.38. The molecule has 2 fully saturated rings. The van der Waals surface area contributed by atoms with Crippen LogP contribution >= 0.6 is 0 Å². The van der Waals surface area contributed by atoms with E-state index in [4.69, 9.17) is 0 Å². The van der Waals surface area contributed by atoms with Crippen molar-refractivity contribution in [3.05, 3.63) is 39.7 Å². The molecule has 5 nitrogen and oxygen atoms in total. The summed E-state index contributed by atoms with van der Waals surface area (Å²) in [6, 6.07) is 3.10. The van der Waals surface area contributed by atoms with Crippen LogP contribution in [-0.2, 0) is 0 Å². The molecule has 2 atom stereocenters. The van der Waals surface area contributed by atoms with Gasteiger partial charge in [0.15, 0.2) is 0 Å². The van der Waals surface area contributed by atoms with Gasteiger partial charge in [-0.1, -0.05) is 6.42 Å². The van der Waals surface area contributed by atoms with Gasteiger partial charge in [0.25, 0.3) is 11.6 Å². The summed E-state index contributed by atoms with van der Waals surface area (Å²) in [6.07, 6.45) is 3.43. The first-order valence-corrected chi connectivity index (χ1v) is 6.79. The number of rotatable bonds is 2. The number of carbonyl (C=O) groups excluding carboxylic acids is 1. The molecule has 1 aromatic rings. The van der Waals surface area contributed by atoms with E-state index in [1.165, 1.54) is 6.42 Å². The van der Waals surface area contributed by atoms with E-state index in [0.717, 1.165) is 31.0 Å². The Morgan fingerprint density at radius 2 is 1.95 bits per heavy atom. The van der Waals surface area contributed by atoms with Gasteiger partial charge in [0.1, 0.15) is 5.82 Å². The number of nitro groups is 1. The minimum absolute atomic E-state index is 0.195. The van der Waals surface area contributed by atoms with Crippen LogP contribution in [-0.4, -0.2) is 28.8 Å². The Morgan fingerprint density at radius 1 is 1.30 bits per heavy atom. The zero-order chi connectivity index (χ0) is 14.3. The molecule has 1 saturated heterocycles. The number of non-ortho nitro benzene ring substituents is 1. The van der Waals surface area contributed by atoms with Crippen molar-refractivity contribution in [2.75, 3.05) is 13.1 Å². The van der Waals surface area contributed by atoms with E-state index < -0.39 is 16.6 Å². The number of halogens is 1. The number of amides is 1. The van der Waals surface area contributed by atoms with Crippen LogP contribution in [0.25, 0.3) is 0 Å². The van der Waals surface area contributed by atoms with E-state index >= 15 is 0 Å². The number of carbonyl (C=O) groups is 1. The molecular formula is C14H15FN2O3. The predicted molar refractivity (Wildman–Crippen MR) is 69.8 cm³/mol. The molecule has 0 radical (unpaired) electrons. The van der Waals surface area contributed by atoms with E-state index in [1.54, 1.807) is 4.90 Å². The third-order valence-corrected chi connectivity index (χ3v) is 4.40. The summed E-state index contributed by atoms with van der Waals surface area (Å²) in [5.41, 5.74) is -0.451. The second-order valence-electron chi connectivity index (χ2n) is 5.58. The van der Waals surface area contributed by atoms with E-state index in [2.05, 4.69) is 0 Å². The second-order valence-corrected chi connectivity index (χ2v) is 5.58. The average molecular weight is 278 g/mol. The third kappa shape index (κ3) is 2.15.